The highest BCUT2D eigenvalue weighted by molar-refractivity contribution is 6.10. The topological polar surface area (TPSA) is 66.2 Å². The molecule has 2 aromatic heterocycles. The lowest BCUT2D eigenvalue weighted by Gasteiger charge is -2.37. The van der Waals surface area contributed by atoms with Gasteiger partial charge in [0.2, 0.25) is 0 Å². The van der Waals surface area contributed by atoms with E-state index in [0.717, 1.165) is 170 Å². The van der Waals surface area contributed by atoms with E-state index in [9.17, 15) is 10.2 Å². The van der Waals surface area contributed by atoms with Gasteiger partial charge in [-0.25, -0.2) is 0 Å². The van der Waals surface area contributed by atoms with Crippen molar-refractivity contribution in [3.05, 3.63) is 117 Å². The summed E-state index contributed by atoms with van der Waals surface area (Å²) in [4.78, 5) is 11.7. The summed E-state index contributed by atoms with van der Waals surface area (Å²) >= 11 is 0. The van der Waals surface area contributed by atoms with Crippen LogP contribution in [0.5, 0.6) is 0 Å². The molecule has 2 N–H and O–H groups in total. The number of aromatic nitrogens is 2. The fourth-order valence-corrected chi connectivity index (χ4v) is 13.5. The first-order chi connectivity index (χ1) is 34.7. The molecule has 4 bridgehead atoms. The molecular weight excluding hydrogens is 867 g/mol. The summed E-state index contributed by atoms with van der Waals surface area (Å²) in [6.45, 7) is 12.8. The van der Waals surface area contributed by atoms with Gasteiger partial charge in [-0.1, -0.05) is 205 Å². The number of aliphatic hydroxyl groups is 2. The number of hydrogen-bond donors (Lipinski definition) is 2. The molecule has 0 atom stereocenters. The van der Waals surface area contributed by atoms with Gasteiger partial charge < -0.3 is 14.7 Å². The number of unbranched alkanes of at least 4 members (excludes halogenated alkanes) is 4. The van der Waals surface area contributed by atoms with Crippen LogP contribution in [0.2, 0.25) is 0 Å². The van der Waals surface area contributed by atoms with Crippen molar-refractivity contribution < 1.29 is 14.7 Å². The Hall–Kier alpha value is -3.64. The molecule has 0 unspecified atom stereocenters. The largest absolute Gasteiger partial charge is 0.384 e. The first-order valence-corrected chi connectivity index (χ1v) is 30.0. The summed E-state index contributed by atoms with van der Waals surface area (Å²) in [5.74, 6) is 0. The van der Waals surface area contributed by atoms with Gasteiger partial charge in [0.25, 0.3) is 0 Å². The Morgan fingerprint density at radius 1 is 0.423 bits per heavy atom. The number of quaternary nitrogens is 1. The number of hydrogen-bond acceptors (Lipinski definition) is 4. The summed E-state index contributed by atoms with van der Waals surface area (Å²) in [5, 5.41) is 31.4. The van der Waals surface area contributed by atoms with Crippen molar-refractivity contribution in [2.24, 2.45) is 0 Å². The highest BCUT2D eigenvalue weighted by atomic mass is 16.3. The van der Waals surface area contributed by atoms with Gasteiger partial charge in [0.1, 0.15) is 37.4 Å². The van der Waals surface area contributed by atoms with Gasteiger partial charge >= 0.3 is 0 Å². The quantitative estimate of drug-likeness (QED) is 0.0678. The third-order valence-electron chi connectivity index (χ3n) is 17.6. The predicted molar refractivity (Wildman–Crippen MR) is 300 cm³/mol. The molecule has 0 fully saturated rings. The van der Waals surface area contributed by atoms with Crippen molar-refractivity contribution in [2.75, 3.05) is 0 Å². The summed E-state index contributed by atoms with van der Waals surface area (Å²) in [6, 6.07) is 23.7. The molecule has 0 radical (unpaired) electrons. The molecule has 5 heteroatoms. The highest BCUT2D eigenvalue weighted by Crippen LogP contribution is 2.46. The second-order valence-corrected chi connectivity index (χ2v) is 23.4. The predicted octanol–water partition coefficient (Wildman–Crippen LogP) is 17.6. The van der Waals surface area contributed by atoms with Crippen LogP contribution >= 0.6 is 0 Å². The van der Waals surface area contributed by atoms with Crippen molar-refractivity contribution in [1.29, 1.82) is 0 Å². The van der Waals surface area contributed by atoms with E-state index >= 15 is 0 Å². The van der Waals surface area contributed by atoms with Crippen LogP contribution in [0.25, 0.3) is 21.5 Å². The van der Waals surface area contributed by atoms with Crippen LogP contribution in [0.4, 0.5) is 0 Å². The Morgan fingerprint density at radius 2 is 0.732 bits per heavy atom. The maximum Gasteiger partial charge on any atom is 0.107 e. The Balaban J connectivity index is 1.33. The van der Waals surface area contributed by atoms with Crippen molar-refractivity contribution in [3.63, 3.8) is 0 Å². The van der Waals surface area contributed by atoms with Gasteiger partial charge in [0.15, 0.2) is 0 Å². The molecule has 5 aliphatic rings. The number of aryl methyl sites for hydroxylation is 4. The van der Waals surface area contributed by atoms with Crippen LogP contribution in [0, 0.1) is 0 Å². The van der Waals surface area contributed by atoms with Crippen molar-refractivity contribution >= 4 is 21.5 Å². The highest BCUT2D eigenvalue weighted by Gasteiger charge is 2.42. The number of pyridine rings is 2. The summed E-state index contributed by atoms with van der Waals surface area (Å²) in [7, 11) is 0. The zero-order valence-corrected chi connectivity index (χ0v) is 45.5. The lowest BCUT2D eigenvalue weighted by atomic mass is 9.82. The number of benzene rings is 3. The van der Waals surface area contributed by atoms with Gasteiger partial charge in [-0.2, -0.15) is 0 Å². The van der Waals surface area contributed by atoms with E-state index in [4.69, 9.17) is 9.97 Å². The van der Waals surface area contributed by atoms with Crippen molar-refractivity contribution in [2.45, 2.75) is 271 Å². The lowest BCUT2D eigenvalue weighted by Crippen LogP contribution is -2.42. The third-order valence-corrected chi connectivity index (χ3v) is 17.6. The zero-order chi connectivity index (χ0) is 49.5. The van der Waals surface area contributed by atoms with Gasteiger partial charge in [-0.05, 0) is 122 Å². The first-order valence-electron chi connectivity index (χ1n) is 30.0. The average Bonchev–Trinajstić information content (AvgIpc) is 3.77. The first kappa shape index (κ1) is 53.6. The molecule has 0 saturated carbocycles. The minimum Gasteiger partial charge on any atom is -0.384 e. The standard InChI is InChI=1S/C66H96N3O2/c1-5-9-41-65(70,42-10-6-2)63-51-33-25-21-17-13-15-19-23-27-39-61(67-63)53(45-51)47-69(49-59-57-37-31-29-35-55(57)56-36-30-32-38-58(56)60(59)50-69)48-54-46-52-34-26-22-18-14-16-20-24-28-40-62(54)68-64(52)66(71,43-11-7-3)44-12-8-4/h29-32,35-38,45-46,70-71H,5-28,33-34,39-44,47-50H2,1-4H3/q+1. The van der Waals surface area contributed by atoms with E-state index in [1.165, 1.54) is 143 Å². The fraction of sp³-hybridized carbons (Fsp3) is 0.636. The Morgan fingerprint density at radius 3 is 1.07 bits per heavy atom. The molecule has 0 saturated heterocycles. The molecule has 71 heavy (non-hydrogen) atoms. The minimum absolute atomic E-state index is 0.790. The smallest absolute Gasteiger partial charge is 0.107 e. The Kier molecular flexibility index (Phi) is 19.7. The van der Waals surface area contributed by atoms with Crippen LogP contribution in [-0.2, 0) is 63.1 Å². The molecule has 3 aromatic carbocycles. The van der Waals surface area contributed by atoms with Crippen LogP contribution < -0.4 is 0 Å². The van der Waals surface area contributed by atoms with E-state index in [1.54, 1.807) is 0 Å². The van der Waals surface area contributed by atoms with E-state index in [1.807, 2.05) is 0 Å². The van der Waals surface area contributed by atoms with Crippen LogP contribution in [0.1, 0.15) is 264 Å². The number of fused-ring (bicyclic) bond motifs is 28. The third kappa shape index (κ3) is 13.2. The van der Waals surface area contributed by atoms with E-state index in [0.29, 0.717) is 0 Å². The SMILES string of the molecule is CCCCC(O)(CCCC)c1nc2c(C[N+]3(Cc4cc5c(C(O)(CCCC)CCCC)nc4CCCCCCCCCC5)Cc4c(c5ccccc5c5ccccc45)C3)cc1CCCCCCCCCC2. The molecule has 386 valence electrons. The average molecular weight is 964 g/mol. The molecule has 5 aromatic rings. The molecule has 0 amide bonds. The van der Waals surface area contributed by atoms with Crippen LogP contribution in [-0.4, -0.2) is 24.7 Å². The number of nitrogens with zero attached hydrogens (tertiary/aromatic N) is 3. The maximum absolute atomic E-state index is 12.9. The van der Waals surface area contributed by atoms with E-state index in [2.05, 4.69) is 88.4 Å². The summed E-state index contributed by atoms with van der Waals surface area (Å²) in [6.07, 6.45) is 35.6. The van der Waals surface area contributed by atoms with Gasteiger partial charge in [0, 0.05) is 33.6 Å². The van der Waals surface area contributed by atoms with Crippen molar-refractivity contribution in [3.8, 4) is 0 Å². The molecule has 5 heterocycles. The maximum atomic E-state index is 12.9. The minimum atomic E-state index is -0.894. The van der Waals surface area contributed by atoms with Crippen molar-refractivity contribution in [1.82, 2.24) is 9.97 Å². The van der Waals surface area contributed by atoms with E-state index in [-0.39, 0.29) is 0 Å². The molecule has 10 rings (SSSR count). The second-order valence-electron chi connectivity index (χ2n) is 23.4. The van der Waals surface area contributed by atoms with Gasteiger partial charge in [0.05, 0.1) is 11.4 Å². The van der Waals surface area contributed by atoms with E-state index < -0.39 is 11.2 Å². The normalized spacial score (nSPS) is 17.7. The van der Waals surface area contributed by atoms with Gasteiger partial charge in [-0.3, -0.25) is 9.97 Å². The summed E-state index contributed by atoms with van der Waals surface area (Å²) in [5.41, 5.74) is 11.2. The zero-order valence-electron chi connectivity index (χ0n) is 45.5. The van der Waals surface area contributed by atoms with Crippen LogP contribution in [0.15, 0.2) is 60.7 Å². The molecular formula is C66H96N3O2+. The second kappa shape index (κ2) is 26.0. The number of rotatable bonds is 18. The molecule has 5 nitrogen and oxygen atoms in total. The van der Waals surface area contributed by atoms with Gasteiger partial charge in [-0.15, -0.1) is 0 Å². The molecule has 3 aliphatic heterocycles. The Labute approximate surface area is 431 Å². The van der Waals surface area contributed by atoms with Crippen LogP contribution in [0.3, 0.4) is 0 Å². The fourth-order valence-electron chi connectivity index (χ4n) is 13.5. The monoisotopic (exact) mass is 963 g/mol. The molecule has 0 spiro atoms. The lowest BCUT2D eigenvalue weighted by molar-refractivity contribution is -0.972. The molecule has 2 aliphatic carbocycles. The Bertz CT molecular complexity index is 2280. The summed E-state index contributed by atoms with van der Waals surface area (Å²) < 4.78 is 0.903.